The van der Waals surface area contributed by atoms with Gasteiger partial charge in [0, 0.05) is 24.5 Å². The van der Waals surface area contributed by atoms with E-state index >= 15 is 0 Å². The number of carboxylic acid groups (broad SMARTS) is 1. The Labute approximate surface area is 224 Å². The van der Waals surface area contributed by atoms with Crippen LogP contribution in [0.3, 0.4) is 0 Å². The SMILES string of the molecule is O=C(O)[C@@H](CCN1C(=O)[C@@H]2Cc3ccccc3CN2C1=O)NS(=O)(=O)c1ccc(-c2ccc(Cl)cc2)cc1. The number of nitrogens with zero attached hydrogens (tertiary/aromatic N) is 2. The van der Waals surface area contributed by atoms with E-state index in [1.54, 1.807) is 36.4 Å². The maximum atomic E-state index is 13.0. The second-order valence-corrected chi connectivity index (χ2v) is 11.4. The lowest BCUT2D eigenvalue weighted by Gasteiger charge is -2.28. The van der Waals surface area contributed by atoms with Crippen molar-refractivity contribution in [3.05, 3.63) is 88.9 Å². The molecule has 0 aromatic heterocycles. The number of nitrogens with one attached hydrogen (secondary N) is 1. The van der Waals surface area contributed by atoms with E-state index in [2.05, 4.69) is 4.72 Å². The summed E-state index contributed by atoms with van der Waals surface area (Å²) in [6.07, 6.45) is 0.112. The lowest BCUT2D eigenvalue weighted by molar-refractivity contribution is -0.139. The molecule has 2 aliphatic heterocycles. The molecular weight excluding hydrogens is 530 g/mol. The number of carbonyl (C=O) groups excluding carboxylic acids is 2. The van der Waals surface area contributed by atoms with E-state index in [9.17, 15) is 27.9 Å². The first-order chi connectivity index (χ1) is 18.1. The summed E-state index contributed by atoms with van der Waals surface area (Å²) in [7, 11) is -4.19. The third-order valence-corrected chi connectivity index (χ3v) is 8.59. The van der Waals surface area contributed by atoms with Crippen molar-refractivity contribution in [2.75, 3.05) is 6.54 Å². The quantitative estimate of drug-likeness (QED) is 0.411. The van der Waals surface area contributed by atoms with Gasteiger partial charge in [0.15, 0.2) is 0 Å². The van der Waals surface area contributed by atoms with Crippen LogP contribution in [0.1, 0.15) is 17.5 Å². The van der Waals surface area contributed by atoms with Gasteiger partial charge in [0.05, 0.1) is 4.90 Å². The van der Waals surface area contributed by atoms with Crippen molar-refractivity contribution in [2.24, 2.45) is 0 Å². The zero-order valence-electron chi connectivity index (χ0n) is 20.1. The van der Waals surface area contributed by atoms with Gasteiger partial charge >= 0.3 is 12.0 Å². The van der Waals surface area contributed by atoms with Gasteiger partial charge in [0.2, 0.25) is 10.0 Å². The summed E-state index contributed by atoms with van der Waals surface area (Å²) < 4.78 is 28.1. The second-order valence-electron chi connectivity index (χ2n) is 9.22. The average molecular weight is 554 g/mol. The van der Waals surface area contributed by atoms with Crippen LogP contribution in [0.4, 0.5) is 4.79 Å². The Bertz CT molecular complexity index is 1470. The van der Waals surface area contributed by atoms with Crippen LogP contribution in [0.5, 0.6) is 0 Å². The molecule has 0 aliphatic carbocycles. The predicted octanol–water partition coefficient (Wildman–Crippen LogP) is 3.52. The summed E-state index contributed by atoms with van der Waals surface area (Å²) >= 11 is 5.91. The molecule has 2 aliphatic rings. The molecule has 3 aromatic carbocycles. The Morgan fingerprint density at radius 3 is 2.21 bits per heavy atom. The first-order valence-electron chi connectivity index (χ1n) is 11.9. The van der Waals surface area contributed by atoms with Crippen molar-refractivity contribution in [3.63, 3.8) is 0 Å². The molecule has 3 aromatic rings. The van der Waals surface area contributed by atoms with Gasteiger partial charge in [-0.3, -0.25) is 14.5 Å². The van der Waals surface area contributed by atoms with E-state index < -0.39 is 40.0 Å². The van der Waals surface area contributed by atoms with Gasteiger partial charge in [-0.15, -0.1) is 0 Å². The zero-order chi connectivity index (χ0) is 27.0. The Hall–Kier alpha value is -3.73. The molecule has 2 N–H and O–H groups in total. The van der Waals surface area contributed by atoms with Crippen LogP contribution in [0.2, 0.25) is 5.02 Å². The molecule has 0 unspecified atom stereocenters. The van der Waals surface area contributed by atoms with Gasteiger partial charge in [-0.25, -0.2) is 13.2 Å². The predicted molar refractivity (Wildman–Crippen MR) is 140 cm³/mol. The number of rotatable bonds is 8. The Balaban J connectivity index is 1.26. The van der Waals surface area contributed by atoms with Crippen molar-refractivity contribution in [1.82, 2.24) is 14.5 Å². The van der Waals surface area contributed by atoms with Crippen molar-refractivity contribution < 1.29 is 27.9 Å². The van der Waals surface area contributed by atoms with Crippen LogP contribution in [0.25, 0.3) is 11.1 Å². The summed E-state index contributed by atoms with van der Waals surface area (Å²) in [6.45, 7) is 0.0684. The molecule has 0 bridgehead atoms. The molecular formula is C27H24ClN3O6S. The largest absolute Gasteiger partial charge is 0.480 e. The Morgan fingerprint density at radius 1 is 0.974 bits per heavy atom. The van der Waals surface area contributed by atoms with Gasteiger partial charge < -0.3 is 10.0 Å². The van der Waals surface area contributed by atoms with Gasteiger partial charge in [-0.2, -0.15) is 4.72 Å². The highest BCUT2D eigenvalue weighted by molar-refractivity contribution is 7.89. The van der Waals surface area contributed by atoms with Gasteiger partial charge in [0.25, 0.3) is 5.91 Å². The number of benzene rings is 3. The smallest absolute Gasteiger partial charge is 0.327 e. The second kappa shape index (κ2) is 10.2. The highest BCUT2D eigenvalue weighted by Gasteiger charge is 2.47. The maximum Gasteiger partial charge on any atom is 0.327 e. The molecule has 38 heavy (non-hydrogen) atoms. The Morgan fingerprint density at radius 2 is 1.58 bits per heavy atom. The zero-order valence-corrected chi connectivity index (χ0v) is 21.7. The fourth-order valence-electron chi connectivity index (χ4n) is 4.79. The molecule has 196 valence electrons. The first kappa shape index (κ1) is 25.9. The highest BCUT2D eigenvalue weighted by Crippen LogP contribution is 2.30. The number of aliphatic carboxylic acids is 1. The van der Waals surface area contributed by atoms with Crippen molar-refractivity contribution in [1.29, 1.82) is 0 Å². The van der Waals surface area contributed by atoms with Crippen LogP contribution in [-0.2, 0) is 32.6 Å². The number of fused-ring (bicyclic) bond motifs is 2. The number of amides is 3. The molecule has 11 heteroatoms. The number of sulfonamides is 1. The first-order valence-corrected chi connectivity index (χ1v) is 13.8. The summed E-state index contributed by atoms with van der Waals surface area (Å²) in [5, 5.41) is 10.3. The summed E-state index contributed by atoms with van der Waals surface area (Å²) in [6, 6.07) is 17.9. The molecule has 2 heterocycles. The van der Waals surface area contributed by atoms with E-state index in [-0.39, 0.29) is 17.9 Å². The molecule has 5 rings (SSSR count). The van der Waals surface area contributed by atoms with Crippen molar-refractivity contribution in [3.8, 4) is 11.1 Å². The molecule has 2 atom stereocenters. The number of carboxylic acids is 1. The number of carbonyl (C=O) groups is 3. The number of urea groups is 1. The molecule has 0 saturated carbocycles. The lowest BCUT2D eigenvalue weighted by Crippen LogP contribution is -2.44. The monoisotopic (exact) mass is 553 g/mol. The van der Waals surface area contributed by atoms with Crippen molar-refractivity contribution >= 4 is 39.5 Å². The van der Waals surface area contributed by atoms with E-state index in [0.717, 1.165) is 27.2 Å². The standard InChI is InChI=1S/C27H24ClN3O6S/c28-21-9-5-17(6-10-21)18-7-11-22(12-8-18)38(36,37)29-23(26(33)34)13-14-30-25(32)24-15-19-3-1-2-4-20(19)16-31(24)27(30)35/h1-12,23-24,29H,13-16H2,(H,33,34)/t23-,24+/m1/s1. The van der Waals surface area contributed by atoms with Gasteiger partial charge in [-0.1, -0.05) is 60.1 Å². The van der Waals surface area contributed by atoms with Crippen LogP contribution in [0.15, 0.2) is 77.7 Å². The van der Waals surface area contributed by atoms with E-state index in [1.165, 1.54) is 17.0 Å². The fraction of sp³-hybridized carbons (Fsp3) is 0.222. The van der Waals surface area contributed by atoms with Crippen LogP contribution in [-0.4, -0.2) is 59.9 Å². The minimum atomic E-state index is -4.19. The molecule has 0 spiro atoms. The van der Waals surface area contributed by atoms with Crippen LogP contribution in [0, 0.1) is 0 Å². The van der Waals surface area contributed by atoms with Gasteiger partial charge in [-0.05, 0) is 52.9 Å². The van der Waals surface area contributed by atoms with Gasteiger partial charge in [0.1, 0.15) is 12.1 Å². The topological polar surface area (TPSA) is 124 Å². The van der Waals surface area contributed by atoms with E-state index in [1.807, 2.05) is 24.3 Å². The summed E-state index contributed by atoms with van der Waals surface area (Å²) in [5.41, 5.74) is 3.56. The molecule has 0 radical (unpaired) electrons. The van der Waals surface area contributed by atoms with Crippen LogP contribution < -0.4 is 4.72 Å². The molecule has 3 amide bonds. The average Bonchev–Trinajstić information content (AvgIpc) is 3.14. The molecule has 1 saturated heterocycles. The third-order valence-electron chi connectivity index (χ3n) is 6.86. The minimum Gasteiger partial charge on any atom is -0.480 e. The lowest BCUT2D eigenvalue weighted by atomic mass is 9.95. The molecule has 1 fully saturated rings. The number of hydrogen-bond donors (Lipinski definition) is 2. The molecule has 9 nitrogen and oxygen atoms in total. The van der Waals surface area contributed by atoms with Crippen LogP contribution >= 0.6 is 11.6 Å². The van der Waals surface area contributed by atoms with Crippen molar-refractivity contribution in [2.45, 2.75) is 36.4 Å². The fourth-order valence-corrected chi connectivity index (χ4v) is 6.14. The normalized spacial score (nSPS) is 17.8. The van der Waals surface area contributed by atoms with E-state index in [4.69, 9.17) is 11.6 Å². The minimum absolute atomic E-state index is 0.107. The summed E-state index contributed by atoms with van der Waals surface area (Å²) in [5.74, 6) is -1.81. The number of hydrogen-bond acceptors (Lipinski definition) is 5. The highest BCUT2D eigenvalue weighted by atomic mass is 35.5. The summed E-state index contributed by atoms with van der Waals surface area (Å²) in [4.78, 5) is 40.2. The third kappa shape index (κ3) is 5.02. The van der Waals surface area contributed by atoms with E-state index in [0.29, 0.717) is 18.0 Å². The Kier molecular flexibility index (Phi) is 6.95. The number of imide groups is 1. The maximum absolute atomic E-state index is 13.0. The number of halogens is 1.